The molecule has 0 radical (unpaired) electrons. The van der Waals surface area contributed by atoms with Gasteiger partial charge in [0.05, 0.1) is 4.47 Å². The molecular weight excluding hydrogens is 308 g/mol. The Balaban J connectivity index is 2.38. The first-order valence-corrected chi connectivity index (χ1v) is 6.93. The molecule has 1 aromatic carbocycles. The lowest BCUT2D eigenvalue weighted by Crippen LogP contribution is -1.89. The number of aromatic nitrogens is 2. The van der Waals surface area contributed by atoms with Gasteiger partial charge in [-0.15, -0.1) is 11.8 Å². The van der Waals surface area contributed by atoms with E-state index in [0.29, 0.717) is 15.5 Å². The zero-order chi connectivity index (χ0) is 11.5. The lowest BCUT2D eigenvalue weighted by atomic mass is 10.2. The summed E-state index contributed by atoms with van der Waals surface area (Å²) in [5, 5.41) is 0.430. The summed E-state index contributed by atoms with van der Waals surface area (Å²) in [5.41, 5.74) is 0.965. The number of thioether (sulfide) groups is 1. The van der Waals surface area contributed by atoms with Crippen molar-refractivity contribution < 1.29 is 0 Å². The fourth-order valence-electron chi connectivity index (χ4n) is 1.23. The zero-order valence-corrected chi connectivity index (χ0v) is 11.6. The number of hydrogen-bond donors (Lipinski definition) is 0. The Morgan fingerprint density at radius 1 is 1.25 bits per heavy atom. The molecule has 2 rings (SSSR count). The summed E-state index contributed by atoms with van der Waals surface area (Å²) in [4.78, 5) is 9.63. The SMILES string of the molecule is CSc1ccc(-c2ncc(Br)c(Cl)n2)cc1. The third kappa shape index (κ3) is 2.56. The van der Waals surface area contributed by atoms with Gasteiger partial charge in [-0.25, -0.2) is 9.97 Å². The highest BCUT2D eigenvalue weighted by Gasteiger charge is 2.04. The van der Waals surface area contributed by atoms with Gasteiger partial charge in [0, 0.05) is 16.7 Å². The van der Waals surface area contributed by atoms with E-state index in [1.165, 1.54) is 4.90 Å². The number of benzene rings is 1. The second kappa shape index (κ2) is 5.17. The quantitative estimate of drug-likeness (QED) is 0.611. The molecule has 0 atom stereocenters. The van der Waals surface area contributed by atoms with E-state index in [9.17, 15) is 0 Å². The summed E-state index contributed by atoms with van der Waals surface area (Å²) in [5.74, 6) is 0.640. The molecule has 0 saturated carbocycles. The molecule has 0 N–H and O–H groups in total. The maximum Gasteiger partial charge on any atom is 0.160 e. The Morgan fingerprint density at radius 3 is 2.50 bits per heavy atom. The van der Waals surface area contributed by atoms with Crippen LogP contribution in [0.15, 0.2) is 39.8 Å². The summed E-state index contributed by atoms with van der Waals surface area (Å²) in [6.45, 7) is 0. The number of nitrogens with zero attached hydrogens (tertiary/aromatic N) is 2. The third-order valence-electron chi connectivity index (χ3n) is 2.05. The molecule has 0 aliphatic rings. The van der Waals surface area contributed by atoms with Gasteiger partial charge in [0.25, 0.3) is 0 Å². The highest BCUT2D eigenvalue weighted by Crippen LogP contribution is 2.24. The van der Waals surface area contributed by atoms with Crippen LogP contribution in [0.5, 0.6) is 0 Å². The summed E-state index contributed by atoms with van der Waals surface area (Å²) in [6.07, 6.45) is 3.70. The third-order valence-corrected chi connectivity index (χ3v) is 3.89. The van der Waals surface area contributed by atoms with Crippen LogP contribution < -0.4 is 0 Å². The lowest BCUT2D eigenvalue weighted by Gasteiger charge is -2.02. The molecule has 0 aliphatic carbocycles. The van der Waals surface area contributed by atoms with E-state index in [-0.39, 0.29) is 0 Å². The highest BCUT2D eigenvalue weighted by molar-refractivity contribution is 9.10. The first-order chi connectivity index (χ1) is 7.70. The maximum atomic E-state index is 5.92. The fourth-order valence-corrected chi connectivity index (χ4v) is 1.95. The Morgan fingerprint density at radius 2 is 1.94 bits per heavy atom. The Labute approximate surface area is 112 Å². The van der Waals surface area contributed by atoms with Gasteiger partial charge >= 0.3 is 0 Å². The molecule has 82 valence electrons. The van der Waals surface area contributed by atoms with Gasteiger partial charge in [0.15, 0.2) is 5.82 Å². The van der Waals surface area contributed by atoms with Crippen LogP contribution >= 0.6 is 39.3 Å². The molecule has 2 nitrogen and oxygen atoms in total. The van der Waals surface area contributed by atoms with E-state index in [1.54, 1.807) is 18.0 Å². The number of halogens is 2. The molecule has 2 aromatic rings. The summed E-state index contributed by atoms with van der Waals surface area (Å²) in [6, 6.07) is 8.06. The summed E-state index contributed by atoms with van der Waals surface area (Å²) >= 11 is 10.9. The number of hydrogen-bond acceptors (Lipinski definition) is 3. The van der Waals surface area contributed by atoms with Crippen molar-refractivity contribution in [2.24, 2.45) is 0 Å². The van der Waals surface area contributed by atoms with Gasteiger partial charge in [0.1, 0.15) is 5.15 Å². The molecule has 0 bridgehead atoms. The van der Waals surface area contributed by atoms with Crippen molar-refractivity contribution in [2.45, 2.75) is 4.90 Å². The van der Waals surface area contributed by atoms with Gasteiger partial charge in [-0.3, -0.25) is 0 Å². The topological polar surface area (TPSA) is 25.8 Å². The van der Waals surface area contributed by atoms with E-state index in [4.69, 9.17) is 11.6 Å². The average Bonchev–Trinajstić information content (AvgIpc) is 2.33. The Hall–Kier alpha value is -0.580. The highest BCUT2D eigenvalue weighted by atomic mass is 79.9. The molecule has 0 spiro atoms. The van der Waals surface area contributed by atoms with Crippen LogP contribution in [-0.4, -0.2) is 16.2 Å². The predicted octanol–water partition coefficient (Wildman–Crippen LogP) is 4.28. The zero-order valence-electron chi connectivity index (χ0n) is 8.45. The van der Waals surface area contributed by atoms with Gasteiger partial charge in [-0.05, 0) is 34.3 Å². The molecule has 0 aliphatic heterocycles. The van der Waals surface area contributed by atoms with Crippen LogP contribution in [0.2, 0.25) is 5.15 Å². The van der Waals surface area contributed by atoms with E-state index in [2.05, 4.69) is 25.9 Å². The average molecular weight is 316 g/mol. The second-order valence-corrected chi connectivity index (χ2v) is 5.15. The minimum Gasteiger partial charge on any atom is -0.235 e. The molecule has 1 heterocycles. The molecule has 0 saturated heterocycles. The molecule has 16 heavy (non-hydrogen) atoms. The first-order valence-electron chi connectivity index (χ1n) is 4.53. The summed E-state index contributed by atoms with van der Waals surface area (Å²) < 4.78 is 0.707. The van der Waals surface area contributed by atoms with Crippen LogP contribution in [0.3, 0.4) is 0 Å². The van der Waals surface area contributed by atoms with Gasteiger partial charge < -0.3 is 0 Å². The minimum absolute atomic E-state index is 0.430. The molecule has 0 amide bonds. The van der Waals surface area contributed by atoms with Gasteiger partial charge in [-0.2, -0.15) is 0 Å². The Kier molecular flexibility index (Phi) is 3.84. The normalized spacial score (nSPS) is 10.4. The monoisotopic (exact) mass is 314 g/mol. The van der Waals surface area contributed by atoms with Gasteiger partial charge in [0.2, 0.25) is 0 Å². The van der Waals surface area contributed by atoms with Gasteiger partial charge in [-0.1, -0.05) is 23.7 Å². The standard InChI is InChI=1S/C11H8BrClN2S/c1-16-8-4-2-7(3-5-8)11-14-6-9(12)10(13)15-11/h2-6H,1H3. The maximum absolute atomic E-state index is 5.92. The van der Waals surface area contributed by atoms with Crippen LogP contribution in [0.4, 0.5) is 0 Å². The van der Waals surface area contributed by atoms with Crippen molar-refractivity contribution in [1.29, 1.82) is 0 Å². The smallest absolute Gasteiger partial charge is 0.160 e. The van der Waals surface area contributed by atoms with Crippen molar-refractivity contribution in [1.82, 2.24) is 9.97 Å². The van der Waals surface area contributed by atoms with Crippen molar-refractivity contribution in [3.05, 3.63) is 40.1 Å². The van der Waals surface area contributed by atoms with Crippen LogP contribution in [-0.2, 0) is 0 Å². The predicted molar refractivity (Wildman–Crippen MR) is 72.0 cm³/mol. The van der Waals surface area contributed by atoms with Crippen molar-refractivity contribution >= 4 is 39.3 Å². The first kappa shape index (κ1) is 11.9. The Bertz CT molecular complexity index is 502. The lowest BCUT2D eigenvalue weighted by molar-refractivity contribution is 1.16. The molecular formula is C11H8BrClN2S. The number of rotatable bonds is 2. The van der Waals surface area contributed by atoms with Crippen molar-refractivity contribution in [2.75, 3.05) is 6.26 Å². The van der Waals surface area contributed by atoms with Crippen molar-refractivity contribution in [3.8, 4) is 11.4 Å². The largest absolute Gasteiger partial charge is 0.235 e. The summed E-state index contributed by atoms with van der Waals surface area (Å²) in [7, 11) is 0. The van der Waals surface area contributed by atoms with E-state index >= 15 is 0 Å². The molecule has 0 fully saturated rings. The van der Waals surface area contributed by atoms with E-state index in [0.717, 1.165) is 5.56 Å². The molecule has 0 unspecified atom stereocenters. The van der Waals surface area contributed by atoms with E-state index in [1.807, 2.05) is 30.5 Å². The molecule has 5 heteroatoms. The van der Waals surface area contributed by atoms with Crippen molar-refractivity contribution in [3.63, 3.8) is 0 Å². The van der Waals surface area contributed by atoms with Crippen LogP contribution in [0.25, 0.3) is 11.4 Å². The minimum atomic E-state index is 0.430. The molecule has 1 aromatic heterocycles. The second-order valence-electron chi connectivity index (χ2n) is 3.06. The van der Waals surface area contributed by atoms with Crippen LogP contribution in [0, 0.1) is 0 Å². The van der Waals surface area contributed by atoms with E-state index < -0.39 is 0 Å². The van der Waals surface area contributed by atoms with Crippen LogP contribution in [0.1, 0.15) is 0 Å². The fraction of sp³-hybridized carbons (Fsp3) is 0.0909.